The number of aromatic nitrogens is 1. The van der Waals surface area contributed by atoms with Crippen LogP contribution < -0.4 is 9.47 Å². The summed E-state index contributed by atoms with van der Waals surface area (Å²) in [6.07, 6.45) is 6.75. The number of rotatable bonds is 9. The SMILES string of the molecule is CCCCCCc1ccc(C(=O)Oc2ccc(-c3ccc(OC)cc3)nc2)c(F)c1. The Labute approximate surface area is 176 Å². The van der Waals surface area contributed by atoms with Gasteiger partial charge in [-0.15, -0.1) is 0 Å². The van der Waals surface area contributed by atoms with Crippen molar-refractivity contribution in [3.05, 3.63) is 77.7 Å². The van der Waals surface area contributed by atoms with Crippen LogP contribution in [0.25, 0.3) is 11.3 Å². The molecular formula is C25H26FNO3. The van der Waals surface area contributed by atoms with Crippen LogP contribution in [0, 0.1) is 5.82 Å². The van der Waals surface area contributed by atoms with Crippen LogP contribution in [-0.4, -0.2) is 18.1 Å². The van der Waals surface area contributed by atoms with Gasteiger partial charge in [-0.2, -0.15) is 0 Å². The second-order valence-corrected chi connectivity index (χ2v) is 7.12. The molecule has 0 unspecified atom stereocenters. The molecule has 0 N–H and O–H groups in total. The molecule has 5 heteroatoms. The number of ether oxygens (including phenoxy) is 2. The van der Waals surface area contributed by atoms with Gasteiger partial charge in [0, 0.05) is 5.56 Å². The van der Waals surface area contributed by atoms with E-state index >= 15 is 0 Å². The minimum absolute atomic E-state index is 0.0773. The average Bonchev–Trinajstić information content (AvgIpc) is 2.77. The van der Waals surface area contributed by atoms with Crippen molar-refractivity contribution in [2.75, 3.05) is 7.11 Å². The van der Waals surface area contributed by atoms with Crippen molar-refractivity contribution >= 4 is 5.97 Å². The van der Waals surface area contributed by atoms with Gasteiger partial charge in [-0.1, -0.05) is 32.3 Å². The van der Waals surface area contributed by atoms with Gasteiger partial charge in [0.1, 0.15) is 17.3 Å². The second-order valence-electron chi connectivity index (χ2n) is 7.12. The molecule has 0 amide bonds. The van der Waals surface area contributed by atoms with Crippen molar-refractivity contribution in [3.63, 3.8) is 0 Å². The van der Waals surface area contributed by atoms with E-state index in [4.69, 9.17) is 9.47 Å². The summed E-state index contributed by atoms with van der Waals surface area (Å²) in [4.78, 5) is 16.7. The smallest absolute Gasteiger partial charge is 0.346 e. The van der Waals surface area contributed by atoms with Crippen LogP contribution in [0.2, 0.25) is 0 Å². The van der Waals surface area contributed by atoms with Crippen LogP contribution in [0.3, 0.4) is 0 Å². The Morgan fingerprint density at radius 1 is 0.967 bits per heavy atom. The van der Waals surface area contributed by atoms with Gasteiger partial charge in [-0.05, 0) is 66.9 Å². The number of carbonyl (C=O) groups is 1. The molecule has 156 valence electrons. The van der Waals surface area contributed by atoms with E-state index in [2.05, 4.69) is 11.9 Å². The quantitative estimate of drug-likeness (QED) is 0.311. The third kappa shape index (κ3) is 5.66. The van der Waals surface area contributed by atoms with Crippen LogP contribution in [-0.2, 0) is 6.42 Å². The number of hydrogen-bond donors (Lipinski definition) is 0. The maximum Gasteiger partial charge on any atom is 0.346 e. The minimum atomic E-state index is -0.732. The van der Waals surface area contributed by atoms with E-state index in [1.165, 1.54) is 24.8 Å². The summed E-state index contributed by atoms with van der Waals surface area (Å²) in [6.45, 7) is 2.15. The van der Waals surface area contributed by atoms with Crippen molar-refractivity contribution in [1.29, 1.82) is 0 Å². The first kappa shape index (κ1) is 21.5. The highest BCUT2D eigenvalue weighted by molar-refractivity contribution is 5.91. The van der Waals surface area contributed by atoms with Crippen molar-refractivity contribution in [1.82, 2.24) is 4.98 Å². The van der Waals surface area contributed by atoms with E-state index in [-0.39, 0.29) is 11.3 Å². The molecule has 0 fully saturated rings. The van der Waals surface area contributed by atoms with Crippen molar-refractivity contribution in [2.45, 2.75) is 39.0 Å². The highest BCUT2D eigenvalue weighted by Gasteiger charge is 2.15. The average molecular weight is 407 g/mol. The van der Waals surface area contributed by atoms with E-state index < -0.39 is 11.8 Å². The van der Waals surface area contributed by atoms with Crippen molar-refractivity contribution in [3.8, 4) is 22.8 Å². The monoisotopic (exact) mass is 407 g/mol. The van der Waals surface area contributed by atoms with Crippen LogP contribution in [0.4, 0.5) is 4.39 Å². The largest absolute Gasteiger partial charge is 0.497 e. The van der Waals surface area contributed by atoms with Gasteiger partial charge >= 0.3 is 5.97 Å². The van der Waals surface area contributed by atoms with E-state index in [9.17, 15) is 9.18 Å². The number of nitrogens with zero attached hydrogens (tertiary/aromatic N) is 1. The van der Waals surface area contributed by atoms with E-state index in [1.807, 2.05) is 24.3 Å². The van der Waals surface area contributed by atoms with E-state index in [1.54, 1.807) is 25.3 Å². The third-order valence-corrected chi connectivity index (χ3v) is 4.91. The van der Waals surface area contributed by atoms with Gasteiger partial charge in [0.2, 0.25) is 0 Å². The lowest BCUT2D eigenvalue weighted by Crippen LogP contribution is -2.11. The Kier molecular flexibility index (Phi) is 7.55. The fourth-order valence-electron chi connectivity index (χ4n) is 3.17. The molecule has 1 heterocycles. The fraction of sp³-hybridized carbons (Fsp3) is 0.280. The third-order valence-electron chi connectivity index (χ3n) is 4.91. The lowest BCUT2D eigenvalue weighted by molar-refractivity contribution is 0.0729. The zero-order chi connectivity index (χ0) is 21.3. The summed E-state index contributed by atoms with van der Waals surface area (Å²) in [5.41, 5.74) is 2.46. The standard InChI is InChI=1S/C25H26FNO3/c1-3-4-5-6-7-18-8-14-22(23(26)16-18)25(28)30-21-13-15-24(27-17-21)19-9-11-20(29-2)12-10-19/h8-17H,3-7H2,1-2H3. The lowest BCUT2D eigenvalue weighted by Gasteiger charge is -2.08. The molecule has 0 saturated carbocycles. The second kappa shape index (κ2) is 10.5. The van der Waals surface area contributed by atoms with Gasteiger partial charge in [0.05, 0.1) is 24.6 Å². The summed E-state index contributed by atoms with van der Waals surface area (Å²) in [6, 6.07) is 15.6. The highest BCUT2D eigenvalue weighted by atomic mass is 19.1. The molecule has 0 aliphatic rings. The number of hydrogen-bond acceptors (Lipinski definition) is 4. The first-order chi connectivity index (χ1) is 14.6. The normalized spacial score (nSPS) is 10.6. The minimum Gasteiger partial charge on any atom is -0.497 e. The number of unbranched alkanes of at least 4 members (excludes halogenated alkanes) is 3. The zero-order valence-corrected chi connectivity index (χ0v) is 17.4. The molecule has 2 aromatic carbocycles. The number of carbonyl (C=O) groups excluding carboxylic acids is 1. The Hall–Kier alpha value is -3.21. The molecule has 3 aromatic rings. The maximum absolute atomic E-state index is 14.4. The Balaban J connectivity index is 1.62. The van der Waals surface area contributed by atoms with Crippen molar-refractivity contribution in [2.24, 2.45) is 0 Å². The molecule has 0 saturated heterocycles. The maximum atomic E-state index is 14.4. The van der Waals surface area contributed by atoms with Crippen LogP contribution >= 0.6 is 0 Å². The molecule has 1 aromatic heterocycles. The number of methoxy groups -OCH3 is 1. The molecule has 0 aliphatic carbocycles. The predicted octanol–water partition coefficient (Wildman–Crippen LogP) is 6.24. The fourth-order valence-corrected chi connectivity index (χ4v) is 3.17. The first-order valence-corrected chi connectivity index (χ1v) is 10.2. The summed E-state index contributed by atoms with van der Waals surface area (Å²) < 4.78 is 24.8. The summed E-state index contributed by atoms with van der Waals surface area (Å²) in [5.74, 6) is -0.265. The number of esters is 1. The summed E-state index contributed by atoms with van der Waals surface area (Å²) >= 11 is 0. The van der Waals surface area contributed by atoms with Gasteiger partial charge in [0.15, 0.2) is 0 Å². The molecule has 3 rings (SSSR count). The lowest BCUT2D eigenvalue weighted by atomic mass is 10.0. The summed E-state index contributed by atoms with van der Waals surface area (Å²) in [5, 5.41) is 0. The van der Waals surface area contributed by atoms with Crippen molar-refractivity contribution < 1.29 is 18.7 Å². The molecule has 30 heavy (non-hydrogen) atoms. The van der Waals surface area contributed by atoms with Crippen LogP contribution in [0.5, 0.6) is 11.5 Å². The van der Waals surface area contributed by atoms with Gasteiger partial charge < -0.3 is 9.47 Å². The van der Waals surface area contributed by atoms with E-state index in [0.717, 1.165) is 48.3 Å². The topological polar surface area (TPSA) is 48.4 Å². The predicted molar refractivity (Wildman–Crippen MR) is 115 cm³/mol. The molecule has 4 nitrogen and oxygen atoms in total. The molecule has 0 radical (unpaired) electrons. The van der Waals surface area contributed by atoms with Crippen LogP contribution in [0.15, 0.2) is 60.8 Å². The molecular weight excluding hydrogens is 381 g/mol. The van der Waals surface area contributed by atoms with Crippen LogP contribution in [0.1, 0.15) is 48.5 Å². The van der Waals surface area contributed by atoms with Gasteiger partial charge in [-0.3, -0.25) is 4.98 Å². The first-order valence-electron chi connectivity index (χ1n) is 10.2. The molecule has 0 atom stereocenters. The number of benzene rings is 2. The molecule has 0 bridgehead atoms. The number of pyridine rings is 1. The Bertz CT molecular complexity index is 969. The highest BCUT2D eigenvalue weighted by Crippen LogP contribution is 2.23. The van der Waals surface area contributed by atoms with E-state index in [0.29, 0.717) is 0 Å². The summed E-state index contributed by atoms with van der Waals surface area (Å²) in [7, 11) is 1.61. The molecule has 0 aliphatic heterocycles. The molecule has 0 spiro atoms. The number of halogens is 1. The van der Waals surface area contributed by atoms with Gasteiger partial charge in [-0.25, -0.2) is 9.18 Å². The Morgan fingerprint density at radius 3 is 2.37 bits per heavy atom. The number of aryl methyl sites for hydroxylation is 1. The van der Waals surface area contributed by atoms with Gasteiger partial charge in [0.25, 0.3) is 0 Å². The zero-order valence-electron chi connectivity index (χ0n) is 17.4. The Morgan fingerprint density at radius 2 is 1.73 bits per heavy atom.